The van der Waals surface area contributed by atoms with E-state index in [-0.39, 0.29) is 11.3 Å². The Morgan fingerprint density at radius 1 is 1.39 bits per heavy atom. The Morgan fingerprint density at radius 3 is 2.56 bits per heavy atom. The second-order valence-corrected chi connectivity index (χ2v) is 6.33. The van der Waals surface area contributed by atoms with Crippen LogP contribution in [0.4, 0.5) is 0 Å². The quantitative estimate of drug-likeness (QED) is 0.724. The molecule has 1 N–H and O–H groups in total. The number of carbonyl (C=O) groups excluding carboxylic acids is 1. The Hall–Kier alpha value is -0.220. The SMILES string of the molecule is CCCN1CCC(NC(=O)CC2(CS)CC2)CC1. The zero-order valence-corrected chi connectivity index (χ0v) is 12.3. The first-order chi connectivity index (χ1) is 8.67. The molecule has 0 unspecified atom stereocenters. The molecular weight excluding hydrogens is 244 g/mol. The minimum atomic E-state index is 0.246. The summed E-state index contributed by atoms with van der Waals surface area (Å²) in [4.78, 5) is 14.5. The van der Waals surface area contributed by atoms with E-state index in [0.717, 1.165) is 31.7 Å². The molecule has 2 aliphatic rings. The Kier molecular flexibility index (Phi) is 4.96. The van der Waals surface area contributed by atoms with Gasteiger partial charge in [0.15, 0.2) is 0 Å². The molecule has 0 aromatic carbocycles. The average molecular weight is 270 g/mol. The van der Waals surface area contributed by atoms with E-state index >= 15 is 0 Å². The van der Waals surface area contributed by atoms with E-state index in [0.29, 0.717) is 12.5 Å². The van der Waals surface area contributed by atoms with Crippen LogP contribution in [0.5, 0.6) is 0 Å². The Bertz CT molecular complexity index is 284. The van der Waals surface area contributed by atoms with Crippen molar-refractivity contribution in [3.8, 4) is 0 Å². The highest BCUT2D eigenvalue weighted by atomic mass is 32.1. The lowest BCUT2D eigenvalue weighted by Crippen LogP contribution is -2.45. The predicted molar refractivity (Wildman–Crippen MR) is 78.0 cm³/mol. The molecule has 0 aromatic rings. The number of nitrogens with one attached hydrogen (secondary N) is 1. The van der Waals surface area contributed by atoms with Crippen LogP contribution in [-0.4, -0.2) is 42.2 Å². The van der Waals surface area contributed by atoms with Crippen molar-refractivity contribution >= 4 is 18.5 Å². The Morgan fingerprint density at radius 2 is 2.06 bits per heavy atom. The largest absolute Gasteiger partial charge is 0.353 e. The number of amides is 1. The summed E-state index contributed by atoms with van der Waals surface area (Å²) in [7, 11) is 0. The average Bonchev–Trinajstić information content (AvgIpc) is 3.12. The fraction of sp³-hybridized carbons (Fsp3) is 0.929. The van der Waals surface area contributed by atoms with Crippen LogP contribution in [0.3, 0.4) is 0 Å². The molecule has 1 heterocycles. The molecule has 4 heteroatoms. The number of carbonyl (C=O) groups is 1. The molecule has 1 amide bonds. The highest BCUT2D eigenvalue weighted by Crippen LogP contribution is 2.49. The zero-order valence-electron chi connectivity index (χ0n) is 11.5. The molecule has 0 radical (unpaired) electrons. The molecule has 2 fully saturated rings. The lowest BCUT2D eigenvalue weighted by atomic mass is 10.0. The van der Waals surface area contributed by atoms with Crippen LogP contribution in [0.25, 0.3) is 0 Å². The molecule has 0 aromatic heterocycles. The smallest absolute Gasteiger partial charge is 0.220 e. The van der Waals surface area contributed by atoms with E-state index in [1.165, 1.54) is 25.8 Å². The summed E-state index contributed by atoms with van der Waals surface area (Å²) in [6.07, 6.45) is 6.49. The van der Waals surface area contributed by atoms with Gasteiger partial charge >= 0.3 is 0 Å². The summed E-state index contributed by atoms with van der Waals surface area (Å²) in [5, 5.41) is 3.21. The lowest BCUT2D eigenvalue weighted by molar-refractivity contribution is -0.123. The first-order valence-corrected chi connectivity index (χ1v) is 7.93. The van der Waals surface area contributed by atoms with Gasteiger partial charge in [0.05, 0.1) is 0 Å². The van der Waals surface area contributed by atoms with Crippen molar-refractivity contribution in [1.29, 1.82) is 0 Å². The van der Waals surface area contributed by atoms with Crippen molar-refractivity contribution in [3.05, 3.63) is 0 Å². The maximum atomic E-state index is 12.0. The monoisotopic (exact) mass is 270 g/mol. The van der Waals surface area contributed by atoms with E-state index in [2.05, 4.69) is 29.8 Å². The van der Waals surface area contributed by atoms with Crippen LogP contribution in [0.1, 0.15) is 45.4 Å². The van der Waals surface area contributed by atoms with Gasteiger partial charge in [-0.05, 0) is 49.8 Å². The van der Waals surface area contributed by atoms with Gasteiger partial charge in [0.1, 0.15) is 0 Å². The first kappa shape index (κ1) is 14.2. The summed E-state index contributed by atoms with van der Waals surface area (Å²) in [5.74, 6) is 1.10. The van der Waals surface area contributed by atoms with Crippen LogP contribution >= 0.6 is 12.6 Å². The molecule has 0 spiro atoms. The van der Waals surface area contributed by atoms with Crippen LogP contribution in [0.2, 0.25) is 0 Å². The van der Waals surface area contributed by atoms with Crippen LogP contribution < -0.4 is 5.32 Å². The number of hydrogen-bond donors (Lipinski definition) is 2. The van der Waals surface area contributed by atoms with Crippen molar-refractivity contribution in [3.63, 3.8) is 0 Å². The number of thiol groups is 1. The molecule has 1 saturated carbocycles. The minimum absolute atomic E-state index is 0.246. The Labute approximate surface area is 116 Å². The zero-order chi connectivity index (χ0) is 13.0. The van der Waals surface area contributed by atoms with E-state index < -0.39 is 0 Å². The molecule has 1 saturated heterocycles. The third kappa shape index (κ3) is 3.89. The van der Waals surface area contributed by atoms with Crippen molar-refractivity contribution in [2.24, 2.45) is 5.41 Å². The van der Waals surface area contributed by atoms with Crippen molar-refractivity contribution in [2.75, 3.05) is 25.4 Å². The van der Waals surface area contributed by atoms with Gasteiger partial charge in [0.25, 0.3) is 0 Å². The van der Waals surface area contributed by atoms with Gasteiger partial charge in [0.2, 0.25) is 5.91 Å². The highest BCUT2D eigenvalue weighted by Gasteiger charge is 2.43. The summed E-state index contributed by atoms with van der Waals surface area (Å²) in [5.41, 5.74) is 0.246. The van der Waals surface area contributed by atoms with Gasteiger partial charge in [-0.25, -0.2) is 0 Å². The van der Waals surface area contributed by atoms with Gasteiger partial charge in [-0.3, -0.25) is 4.79 Å². The van der Waals surface area contributed by atoms with Gasteiger partial charge in [-0.2, -0.15) is 12.6 Å². The third-order valence-corrected chi connectivity index (χ3v) is 4.99. The molecule has 104 valence electrons. The van der Waals surface area contributed by atoms with E-state index in [9.17, 15) is 4.79 Å². The summed E-state index contributed by atoms with van der Waals surface area (Å²) in [6.45, 7) is 5.69. The van der Waals surface area contributed by atoms with Crippen molar-refractivity contribution in [2.45, 2.75) is 51.5 Å². The molecule has 1 aliphatic heterocycles. The van der Waals surface area contributed by atoms with Crippen molar-refractivity contribution in [1.82, 2.24) is 10.2 Å². The second kappa shape index (κ2) is 6.29. The number of piperidine rings is 1. The van der Waals surface area contributed by atoms with Crippen LogP contribution in [-0.2, 0) is 4.79 Å². The number of rotatable bonds is 6. The first-order valence-electron chi connectivity index (χ1n) is 7.30. The lowest BCUT2D eigenvalue weighted by Gasteiger charge is -2.32. The summed E-state index contributed by atoms with van der Waals surface area (Å²) >= 11 is 4.35. The second-order valence-electron chi connectivity index (χ2n) is 6.02. The molecule has 1 aliphatic carbocycles. The molecule has 0 bridgehead atoms. The van der Waals surface area contributed by atoms with E-state index in [1.54, 1.807) is 0 Å². The van der Waals surface area contributed by atoms with Gasteiger partial charge < -0.3 is 10.2 Å². The third-order valence-electron chi connectivity index (χ3n) is 4.32. The molecule has 2 rings (SSSR count). The summed E-state index contributed by atoms with van der Waals surface area (Å²) in [6, 6.07) is 0.404. The van der Waals surface area contributed by atoms with Gasteiger partial charge in [-0.1, -0.05) is 6.92 Å². The van der Waals surface area contributed by atoms with E-state index in [1.807, 2.05) is 0 Å². The van der Waals surface area contributed by atoms with Gasteiger partial charge in [-0.15, -0.1) is 0 Å². The topological polar surface area (TPSA) is 32.3 Å². The van der Waals surface area contributed by atoms with Gasteiger partial charge in [0, 0.05) is 25.6 Å². The summed E-state index contributed by atoms with van der Waals surface area (Å²) < 4.78 is 0. The number of hydrogen-bond acceptors (Lipinski definition) is 3. The fourth-order valence-corrected chi connectivity index (χ4v) is 3.23. The maximum absolute atomic E-state index is 12.0. The van der Waals surface area contributed by atoms with Crippen LogP contribution in [0.15, 0.2) is 0 Å². The van der Waals surface area contributed by atoms with Crippen molar-refractivity contribution < 1.29 is 4.79 Å². The maximum Gasteiger partial charge on any atom is 0.220 e. The molecule has 3 nitrogen and oxygen atoms in total. The molecular formula is C14H26N2OS. The number of nitrogens with zero attached hydrogens (tertiary/aromatic N) is 1. The highest BCUT2D eigenvalue weighted by molar-refractivity contribution is 7.80. The molecule has 18 heavy (non-hydrogen) atoms. The fourth-order valence-electron chi connectivity index (χ4n) is 2.80. The standard InChI is InChI=1S/C14H26N2OS/c1-2-7-16-8-3-12(4-9-16)15-13(17)10-14(11-18)5-6-14/h12,18H,2-11H2,1H3,(H,15,17). The number of likely N-dealkylation sites (tertiary alicyclic amines) is 1. The minimum Gasteiger partial charge on any atom is -0.353 e. The molecule has 0 atom stereocenters. The predicted octanol–water partition coefficient (Wildman–Crippen LogP) is 2.08. The normalized spacial score (nSPS) is 23.9. The van der Waals surface area contributed by atoms with E-state index in [4.69, 9.17) is 0 Å². The van der Waals surface area contributed by atoms with Crippen LogP contribution in [0, 0.1) is 5.41 Å². The Balaban J connectivity index is 1.66.